The predicted molar refractivity (Wildman–Crippen MR) is 94.8 cm³/mol. The van der Waals surface area contributed by atoms with E-state index in [-0.39, 0.29) is 5.97 Å². The van der Waals surface area contributed by atoms with Crippen LogP contribution in [0, 0.1) is 0 Å². The van der Waals surface area contributed by atoms with E-state index in [9.17, 15) is 4.79 Å². The molecule has 1 heterocycles. The second-order valence-electron chi connectivity index (χ2n) is 6.26. The first-order chi connectivity index (χ1) is 11.8. The fourth-order valence-electron chi connectivity index (χ4n) is 3.02. The van der Waals surface area contributed by atoms with Crippen molar-refractivity contribution in [3.05, 3.63) is 53.6 Å². The average Bonchev–Trinajstić information content (AvgIpc) is 2.60. The Morgan fingerprint density at radius 1 is 1.00 bits per heavy atom. The largest absolute Gasteiger partial charge is 0.457 e. The number of carbonyl (C=O) groups is 1. The summed E-state index contributed by atoms with van der Waals surface area (Å²) >= 11 is 0. The Kier molecular flexibility index (Phi) is 5.52. The van der Waals surface area contributed by atoms with Crippen molar-refractivity contribution in [2.45, 2.75) is 51.9 Å². The molecule has 3 rings (SSSR count). The molecule has 0 aromatic heterocycles. The van der Waals surface area contributed by atoms with Crippen LogP contribution in [0.25, 0.3) is 0 Å². The van der Waals surface area contributed by atoms with E-state index >= 15 is 0 Å². The maximum atomic E-state index is 12.1. The molecule has 1 aliphatic heterocycles. The molecule has 0 amide bonds. The highest BCUT2D eigenvalue weighted by atomic mass is 16.5. The SMILES string of the molecule is CCCCCCCC(=O)Oc1cccc2c1Cc1ccccc1O2. The highest BCUT2D eigenvalue weighted by Gasteiger charge is 2.21. The van der Waals surface area contributed by atoms with Crippen LogP contribution in [0.15, 0.2) is 42.5 Å². The molecule has 0 N–H and O–H groups in total. The zero-order valence-corrected chi connectivity index (χ0v) is 14.2. The molecule has 0 unspecified atom stereocenters. The quantitative estimate of drug-likeness (QED) is 0.320. The fourth-order valence-corrected chi connectivity index (χ4v) is 3.02. The van der Waals surface area contributed by atoms with E-state index < -0.39 is 0 Å². The minimum Gasteiger partial charge on any atom is -0.457 e. The van der Waals surface area contributed by atoms with E-state index in [2.05, 4.69) is 6.92 Å². The molecule has 1 aliphatic rings. The number of ether oxygens (including phenoxy) is 2. The van der Waals surface area contributed by atoms with Gasteiger partial charge in [0, 0.05) is 18.4 Å². The topological polar surface area (TPSA) is 35.5 Å². The zero-order chi connectivity index (χ0) is 16.8. The van der Waals surface area contributed by atoms with Gasteiger partial charge in [-0.2, -0.15) is 0 Å². The van der Waals surface area contributed by atoms with Crippen LogP contribution in [0.4, 0.5) is 0 Å². The molecule has 2 aromatic carbocycles. The molecule has 3 nitrogen and oxygen atoms in total. The number of unbranched alkanes of at least 4 members (excludes halogenated alkanes) is 4. The van der Waals surface area contributed by atoms with Crippen molar-refractivity contribution in [3.8, 4) is 17.2 Å². The van der Waals surface area contributed by atoms with Gasteiger partial charge in [0.25, 0.3) is 0 Å². The first-order valence-electron chi connectivity index (χ1n) is 8.86. The molecule has 0 atom stereocenters. The van der Waals surface area contributed by atoms with Crippen molar-refractivity contribution in [1.29, 1.82) is 0 Å². The third kappa shape index (κ3) is 3.97. The van der Waals surface area contributed by atoms with Crippen LogP contribution in [0.2, 0.25) is 0 Å². The van der Waals surface area contributed by atoms with Crippen LogP contribution in [-0.2, 0) is 11.2 Å². The Balaban J connectivity index is 1.63. The van der Waals surface area contributed by atoms with Crippen molar-refractivity contribution in [1.82, 2.24) is 0 Å². The number of hydrogen-bond donors (Lipinski definition) is 0. The lowest BCUT2D eigenvalue weighted by molar-refractivity contribution is -0.134. The first-order valence-corrected chi connectivity index (χ1v) is 8.86. The van der Waals surface area contributed by atoms with Gasteiger partial charge in [0.2, 0.25) is 0 Å². The van der Waals surface area contributed by atoms with E-state index in [0.29, 0.717) is 12.2 Å². The molecular weight excluding hydrogens is 300 g/mol. The summed E-state index contributed by atoms with van der Waals surface area (Å²) in [6.45, 7) is 2.19. The van der Waals surface area contributed by atoms with Crippen LogP contribution in [0.1, 0.15) is 56.6 Å². The molecule has 126 valence electrons. The van der Waals surface area contributed by atoms with Gasteiger partial charge in [-0.3, -0.25) is 4.79 Å². The third-order valence-electron chi connectivity index (χ3n) is 4.36. The van der Waals surface area contributed by atoms with Gasteiger partial charge in [-0.1, -0.05) is 56.9 Å². The minimum absolute atomic E-state index is 0.154. The molecule has 0 fully saturated rings. The lowest BCUT2D eigenvalue weighted by Gasteiger charge is -2.22. The summed E-state index contributed by atoms with van der Waals surface area (Å²) in [5.41, 5.74) is 2.07. The first kappa shape index (κ1) is 16.6. The van der Waals surface area contributed by atoms with Gasteiger partial charge in [0.15, 0.2) is 0 Å². The zero-order valence-electron chi connectivity index (χ0n) is 14.2. The molecule has 0 bridgehead atoms. The van der Waals surface area contributed by atoms with Gasteiger partial charge in [-0.25, -0.2) is 0 Å². The summed E-state index contributed by atoms with van der Waals surface area (Å²) in [5.74, 6) is 2.13. The second kappa shape index (κ2) is 8.00. The van der Waals surface area contributed by atoms with E-state index in [1.807, 2.05) is 42.5 Å². The summed E-state index contributed by atoms with van der Waals surface area (Å²) in [7, 11) is 0. The van der Waals surface area contributed by atoms with Gasteiger partial charge >= 0.3 is 5.97 Å². The summed E-state index contributed by atoms with van der Waals surface area (Å²) in [4.78, 5) is 12.1. The molecule has 0 spiro atoms. The van der Waals surface area contributed by atoms with Crippen LogP contribution in [0.3, 0.4) is 0 Å². The maximum Gasteiger partial charge on any atom is 0.311 e. The van der Waals surface area contributed by atoms with Crippen LogP contribution >= 0.6 is 0 Å². The van der Waals surface area contributed by atoms with Crippen molar-refractivity contribution in [2.75, 3.05) is 0 Å². The number of esters is 1. The highest BCUT2D eigenvalue weighted by molar-refractivity contribution is 5.73. The number of benzene rings is 2. The lowest BCUT2D eigenvalue weighted by atomic mass is 9.99. The molecule has 0 saturated heterocycles. The van der Waals surface area contributed by atoms with Gasteiger partial charge < -0.3 is 9.47 Å². The third-order valence-corrected chi connectivity index (χ3v) is 4.36. The average molecular weight is 324 g/mol. The second-order valence-corrected chi connectivity index (χ2v) is 6.26. The number of hydrogen-bond acceptors (Lipinski definition) is 3. The number of fused-ring (bicyclic) bond motifs is 2. The van der Waals surface area contributed by atoms with Crippen LogP contribution in [0.5, 0.6) is 17.2 Å². The summed E-state index contributed by atoms with van der Waals surface area (Å²) in [5, 5.41) is 0. The minimum atomic E-state index is -0.154. The summed E-state index contributed by atoms with van der Waals surface area (Å²) < 4.78 is 11.5. The Labute approximate surface area is 143 Å². The van der Waals surface area contributed by atoms with Crippen molar-refractivity contribution >= 4 is 5.97 Å². The van der Waals surface area contributed by atoms with Gasteiger partial charge in [-0.15, -0.1) is 0 Å². The molecule has 3 heteroatoms. The lowest BCUT2D eigenvalue weighted by Crippen LogP contribution is -2.11. The Bertz CT molecular complexity index is 706. The monoisotopic (exact) mass is 324 g/mol. The van der Waals surface area contributed by atoms with Gasteiger partial charge in [0.05, 0.1) is 0 Å². The Morgan fingerprint density at radius 3 is 2.67 bits per heavy atom. The Hall–Kier alpha value is -2.29. The van der Waals surface area contributed by atoms with E-state index in [1.165, 1.54) is 19.3 Å². The normalized spacial score (nSPS) is 12.0. The Morgan fingerprint density at radius 2 is 1.79 bits per heavy atom. The number of carbonyl (C=O) groups excluding carboxylic acids is 1. The van der Waals surface area contributed by atoms with Crippen LogP contribution in [-0.4, -0.2) is 5.97 Å². The molecule has 24 heavy (non-hydrogen) atoms. The molecule has 0 radical (unpaired) electrons. The smallest absolute Gasteiger partial charge is 0.311 e. The summed E-state index contributed by atoms with van der Waals surface area (Å²) in [6, 6.07) is 13.6. The van der Waals surface area contributed by atoms with Crippen LogP contribution < -0.4 is 9.47 Å². The van der Waals surface area contributed by atoms with Gasteiger partial charge in [-0.05, 0) is 30.2 Å². The van der Waals surface area contributed by atoms with Crippen molar-refractivity contribution in [3.63, 3.8) is 0 Å². The highest BCUT2D eigenvalue weighted by Crippen LogP contribution is 2.40. The molecular formula is C21H24O3. The van der Waals surface area contributed by atoms with Crippen molar-refractivity contribution < 1.29 is 14.3 Å². The van der Waals surface area contributed by atoms with Crippen molar-refractivity contribution in [2.24, 2.45) is 0 Å². The summed E-state index contributed by atoms with van der Waals surface area (Å²) in [6.07, 6.45) is 6.82. The molecule has 0 saturated carbocycles. The van der Waals surface area contributed by atoms with E-state index in [4.69, 9.17) is 9.47 Å². The standard InChI is InChI=1S/C21H24O3/c1-2-3-4-5-6-14-21(22)24-20-13-9-12-19-17(20)15-16-10-7-8-11-18(16)23-19/h7-13H,2-6,14-15H2,1H3. The molecule has 2 aromatic rings. The number of para-hydroxylation sites is 1. The predicted octanol–water partition coefficient (Wildman–Crippen LogP) is 5.65. The number of rotatable bonds is 7. The molecule has 0 aliphatic carbocycles. The van der Waals surface area contributed by atoms with E-state index in [1.54, 1.807) is 0 Å². The van der Waals surface area contributed by atoms with E-state index in [0.717, 1.165) is 41.9 Å². The fraction of sp³-hybridized carbons (Fsp3) is 0.381. The maximum absolute atomic E-state index is 12.1. The van der Waals surface area contributed by atoms with Gasteiger partial charge in [0.1, 0.15) is 17.2 Å².